The van der Waals surface area contributed by atoms with Gasteiger partial charge in [-0.1, -0.05) is 46.4 Å². The fourth-order valence-electron chi connectivity index (χ4n) is 6.10. The van der Waals surface area contributed by atoms with E-state index in [1.165, 1.54) is 48.0 Å². The van der Waals surface area contributed by atoms with Crippen molar-refractivity contribution in [3.63, 3.8) is 0 Å². The van der Waals surface area contributed by atoms with Crippen molar-refractivity contribution in [2.75, 3.05) is 14.2 Å². The molecular weight excluding hydrogens is 812 g/mol. The maximum Gasteiger partial charge on any atom is 0.317 e. The lowest BCUT2D eigenvalue weighted by Crippen LogP contribution is -2.29. The van der Waals surface area contributed by atoms with Gasteiger partial charge in [-0.2, -0.15) is 0 Å². The molecule has 2 aliphatic rings. The van der Waals surface area contributed by atoms with Gasteiger partial charge in [0.15, 0.2) is 46.0 Å². The number of ether oxygens (including phenoxy) is 2. The number of nitrogens with two attached hydrogens (primary N) is 1. The topological polar surface area (TPSA) is 219 Å². The van der Waals surface area contributed by atoms with Gasteiger partial charge in [0.1, 0.15) is 22.2 Å². The van der Waals surface area contributed by atoms with Gasteiger partial charge in [0.05, 0.1) is 34.3 Å². The number of ketones is 2. The molecule has 0 aliphatic heterocycles. The van der Waals surface area contributed by atoms with Crippen molar-refractivity contribution < 1.29 is 33.8 Å². The van der Waals surface area contributed by atoms with Gasteiger partial charge < -0.3 is 20.3 Å². The van der Waals surface area contributed by atoms with Gasteiger partial charge in [-0.3, -0.25) is 29.1 Å². The van der Waals surface area contributed by atoms with E-state index in [1.807, 2.05) is 0 Å². The number of carbonyl (C=O) groups is 4. The number of primary amides is 1. The first-order valence-corrected chi connectivity index (χ1v) is 18.3. The average molecular weight is 841 g/mol. The Morgan fingerprint density at radius 3 is 1.38 bits per heavy atom. The number of carbonyl (C=O) groups excluding carboxylic acids is 3. The van der Waals surface area contributed by atoms with Crippen LogP contribution in [0.1, 0.15) is 69.4 Å². The molecule has 0 bridgehead atoms. The molecule has 2 saturated carbocycles. The summed E-state index contributed by atoms with van der Waals surface area (Å²) in [5, 5.41) is 19.4. The number of hydrogen-bond acceptors (Lipinski definition) is 12. The minimum atomic E-state index is -1.10. The summed E-state index contributed by atoms with van der Waals surface area (Å²) in [5.41, 5.74) is 5.58. The Morgan fingerprint density at radius 1 is 0.679 bits per heavy atom. The zero-order chi connectivity index (χ0) is 40.1. The second kappa shape index (κ2) is 14.9. The molecule has 1 amide bonds. The molecule has 2 fully saturated rings. The summed E-state index contributed by atoms with van der Waals surface area (Å²) in [6.45, 7) is 0. The van der Waals surface area contributed by atoms with E-state index in [0.29, 0.717) is 69.8 Å². The quantitative estimate of drug-likeness (QED) is 0.148. The number of rotatable bonds is 12. The van der Waals surface area contributed by atoms with Crippen molar-refractivity contribution in [1.82, 2.24) is 39.2 Å². The van der Waals surface area contributed by atoms with E-state index in [4.69, 9.17) is 61.6 Å². The standard InChI is InChI=1S/C18H15Cl2N5O3.C18H14Cl2N4O4/c1-28-14-3-2-12(13(26)6-9-10(19)7-22-8-11(9)20)25-15(14)23-17(24-25)18(4-5-18)16(21)27;1-28-14-3-2-12(13(25)6-9-10(19)7-21-8-11(9)20)24-15(14)22-16(23-24)18(4-5-18)17(26)27/h2-3,7-8H,4-6H2,1H3,(H2,21,27);2-3,7-8H,4-6H2,1H3,(H,26,27). The molecule has 6 aromatic rings. The lowest BCUT2D eigenvalue weighted by atomic mass is 10.1. The molecule has 8 rings (SSSR count). The molecular formula is C36H29Cl4N9O7. The summed E-state index contributed by atoms with van der Waals surface area (Å²) < 4.78 is 13.3. The number of fused-ring (bicyclic) bond motifs is 2. The molecule has 0 atom stereocenters. The molecule has 0 saturated heterocycles. The summed E-state index contributed by atoms with van der Waals surface area (Å²) in [6.07, 6.45) is 7.63. The van der Waals surface area contributed by atoms with Crippen LogP contribution in [0.15, 0.2) is 49.1 Å². The van der Waals surface area contributed by atoms with Crippen LogP contribution in [0.5, 0.6) is 11.5 Å². The molecule has 56 heavy (non-hydrogen) atoms. The molecule has 0 aromatic carbocycles. The van der Waals surface area contributed by atoms with E-state index in [9.17, 15) is 24.3 Å². The van der Waals surface area contributed by atoms with Gasteiger partial charge in [-0.15, -0.1) is 10.2 Å². The number of nitrogens with zero attached hydrogens (tertiary/aromatic N) is 8. The van der Waals surface area contributed by atoms with E-state index in [-0.39, 0.29) is 57.3 Å². The van der Waals surface area contributed by atoms with E-state index >= 15 is 0 Å². The number of amides is 1. The number of hydrogen-bond donors (Lipinski definition) is 2. The Kier molecular flexibility index (Phi) is 10.3. The molecule has 16 nitrogen and oxygen atoms in total. The van der Waals surface area contributed by atoms with Crippen LogP contribution in [0.4, 0.5) is 0 Å². The second-order valence-electron chi connectivity index (χ2n) is 13.1. The summed E-state index contributed by atoms with van der Waals surface area (Å²) >= 11 is 24.5. The van der Waals surface area contributed by atoms with Crippen LogP contribution in [0, 0.1) is 0 Å². The largest absolute Gasteiger partial charge is 0.493 e. The van der Waals surface area contributed by atoms with Gasteiger partial charge in [-0.25, -0.2) is 19.0 Å². The zero-order valence-corrected chi connectivity index (χ0v) is 32.4. The van der Waals surface area contributed by atoms with E-state index in [0.717, 1.165) is 0 Å². The third kappa shape index (κ3) is 6.86. The first-order valence-electron chi connectivity index (χ1n) is 16.8. The fourth-order valence-corrected chi connectivity index (χ4v) is 7.10. The van der Waals surface area contributed by atoms with Gasteiger partial charge in [0, 0.05) is 48.8 Å². The van der Waals surface area contributed by atoms with Crippen LogP contribution in [-0.4, -0.2) is 81.9 Å². The smallest absolute Gasteiger partial charge is 0.317 e. The number of methoxy groups -OCH3 is 2. The molecule has 0 spiro atoms. The Labute approximate surface area is 336 Å². The molecule has 0 unspecified atom stereocenters. The molecule has 6 heterocycles. The molecule has 3 N–H and O–H groups in total. The van der Waals surface area contributed by atoms with Crippen molar-refractivity contribution in [3.05, 3.63) is 103 Å². The maximum absolute atomic E-state index is 13.0. The van der Waals surface area contributed by atoms with Crippen LogP contribution in [-0.2, 0) is 33.3 Å². The minimum absolute atomic E-state index is 0.0439. The highest BCUT2D eigenvalue weighted by Crippen LogP contribution is 2.48. The van der Waals surface area contributed by atoms with Crippen molar-refractivity contribution >= 4 is 81.1 Å². The number of halogens is 4. The molecule has 20 heteroatoms. The van der Waals surface area contributed by atoms with Crippen LogP contribution in [0.3, 0.4) is 0 Å². The fraction of sp³-hybridized carbons (Fsp3) is 0.278. The number of carboxylic acid groups (broad SMARTS) is 1. The van der Waals surface area contributed by atoms with Crippen molar-refractivity contribution in [1.29, 1.82) is 0 Å². The van der Waals surface area contributed by atoms with Crippen LogP contribution in [0.2, 0.25) is 20.1 Å². The first-order chi connectivity index (χ1) is 26.7. The number of carboxylic acids is 1. The van der Waals surface area contributed by atoms with Gasteiger partial charge in [-0.05, 0) is 49.9 Å². The lowest BCUT2D eigenvalue weighted by molar-refractivity contribution is -0.140. The highest BCUT2D eigenvalue weighted by molar-refractivity contribution is 6.36. The van der Waals surface area contributed by atoms with E-state index in [2.05, 4.69) is 30.1 Å². The Balaban J connectivity index is 0.000000172. The maximum atomic E-state index is 13.0. The SMILES string of the molecule is COc1ccc(C(=O)Cc2c(Cl)cncc2Cl)n2nc(C3(C(=O)O)CC3)nc12.COc1ccc(C(=O)Cc2c(Cl)cncc2Cl)n2nc(C3(C(N)=O)CC3)nc12. The summed E-state index contributed by atoms with van der Waals surface area (Å²) in [4.78, 5) is 66.0. The van der Waals surface area contributed by atoms with Crippen molar-refractivity contribution in [2.45, 2.75) is 49.4 Å². The van der Waals surface area contributed by atoms with Crippen LogP contribution < -0.4 is 15.2 Å². The highest BCUT2D eigenvalue weighted by Gasteiger charge is 2.56. The lowest BCUT2D eigenvalue weighted by Gasteiger charge is -2.08. The van der Waals surface area contributed by atoms with Crippen LogP contribution >= 0.6 is 46.4 Å². The van der Waals surface area contributed by atoms with E-state index < -0.39 is 22.7 Å². The monoisotopic (exact) mass is 839 g/mol. The first kappa shape index (κ1) is 38.8. The van der Waals surface area contributed by atoms with Gasteiger partial charge in [0.2, 0.25) is 5.91 Å². The normalized spacial score (nSPS) is 14.8. The van der Waals surface area contributed by atoms with Crippen LogP contribution in [0.25, 0.3) is 11.3 Å². The highest BCUT2D eigenvalue weighted by atomic mass is 35.5. The molecule has 6 aromatic heterocycles. The molecule has 0 radical (unpaired) electrons. The Morgan fingerprint density at radius 2 is 1.05 bits per heavy atom. The van der Waals surface area contributed by atoms with Gasteiger partial charge >= 0.3 is 5.97 Å². The zero-order valence-electron chi connectivity index (χ0n) is 29.4. The minimum Gasteiger partial charge on any atom is -0.493 e. The number of aromatic nitrogens is 8. The van der Waals surface area contributed by atoms with Gasteiger partial charge in [0.25, 0.3) is 0 Å². The predicted octanol–water partition coefficient (Wildman–Crippen LogP) is 5.36. The third-order valence-corrected chi connectivity index (χ3v) is 11.0. The number of pyridine rings is 4. The Hall–Kier alpha value is -5.42. The van der Waals surface area contributed by atoms with Crippen molar-refractivity contribution in [2.24, 2.45) is 5.73 Å². The average Bonchev–Trinajstić information content (AvgIpc) is 4.08. The Bertz CT molecular complexity index is 2390. The molecule has 288 valence electrons. The number of Topliss-reactive ketones (excluding diaryl/α,β-unsaturated/α-hetero) is 2. The van der Waals surface area contributed by atoms with E-state index in [1.54, 1.807) is 24.3 Å². The summed E-state index contributed by atoms with van der Waals surface area (Å²) in [7, 11) is 2.95. The number of aliphatic carboxylic acids is 1. The summed E-state index contributed by atoms with van der Waals surface area (Å²) in [5.74, 6) is -0.775. The predicted molar refractivity (Wildman–Crippen MR) is 202 cm³/mol. The summed E-state index contributed by atoms with van der Waals surface area (Å²) in [6, 6.07) is 6.35. The van der Waals surface area contributed by atoms with Crippen molar-refractivity contribution in [3.8, 4) is 11.5 Å². The molecule has 2 aliphatic carbocycles. The third-order valence-electron chi connectivity index (χ3n) is 9.72. The second-order valence-corrected chi connectivity index (χ2v) is 14.7.